The first-order valence-electron chi connectivity index (χ1n) is 8.86. The maximum atomic E-state index is 12.8. The molecule has 0 atom stereocenters. The van der Waals surface area contributed by atoms with Crippen LogP contribution >= 0.6 is 0 Å². The maximum absolute atomic E-state index is 12.8. The third kappa shape index (κ3) is 2.36. The molecule has 0 unspecified atom stereocenters. The maximum Gasteiger partial charge on any atom is 0.253 e. The van der Waals surface area contributed by atoms with E-state index in [-0.39, 0.29) is 11.4 Å². The minimum Gasteiger partial charge on any atom is -0.350 e. The number of pyridine rings is 1. The van der Waals surface area contributed by atoms with Crippen molar-refractivity contribution < 1.29 is 4.79 Å². The van der Waals surface area contributed by atoms with E-state index in [9.17, 15) is 4.79 Å². The van der Waals surface area contributed by atoms with E-state index in [2.05, 4.69) is 21.5 Å². The number of rotatable bonds is 4. The molecule has 4 heteroatoms. The van der Waals surface area contributed by atoms with Gasteiger partial charge in [-0.25, -0.2) is 0 Å². The third-order valence-corrected chi connectivity index (χ3v) is 5.75. The molecule has 4 rings (SSSR count). The lowest BCUT2D eigenvalue weighted by molar-refractivity contribution is 0.0921. The van der Waals surface area contributed by atoms with Crippen LogP contribution in [-0.4, -0.2) is 40.4 Å². The Morgan fingerprint density at radius 1 is 1.26 bits per heavy atom. The van der Waals surface area contributed by atoms with Crippen LogP contribution in [0.1, 0.15) is 48.7 Å². The van der Waals surface area contributed by atoms with Gasteiger partial charge in [0.05, 0.1) is 11.1 Å². The lowest BCUT2D eigenvalue weighted by atomic mass is 9.94. The molecule has 2 aromatic rings. The number of hydrogen-bond acceptors (Lipinski definition) is 2. The Morgan fingerprint density at radius 2 is 2.04 bits per heavy atom. The monoisotopic (exact) mass is 311 g/mol. The van der Waals surface area contributed by atoms with E-state index >= 15 is 0 Å². The molecular formula is C19H25N3O. The van der Waals surface area contributed by atoms with Crippen molar-refractivity contribution in [1.82, 2.24) is 14.6 Å². The smallest absolute Gasteiger partial charge is 0.253 e. The Labute approximate surface area is 137 Å². The summed E-state index contributed by atoms with van der Waals surface area (Å²) < 4.78 is 2.13. The summed E-state index contributed by atoms with van der Waals surface area (Å²) in [6.07, 6.45) is 7.96. The zero-order valence-electron chi connectivity index (χ0n) is 13.8. The average Bonchev–Trinajstić information content (AvgIpc) is 3.24. The lowest BCUT2D eigenvalue weighted by Crippen LogP contribution is -2.48. The van der Waals surface area contributed by atoms with Crippen LogP contribution in [0.3, 0.4) is 0 Å². The highest BCUT2D eigenvalue weighted by Crippen LogP contribution is 2.38. The summed E-state index contributed by atoms with van der Waals surface area (Å²) in [6, 6.07) is 8.09. The van der Waals surface area contributed by atoms with Gasteiger partial charge in [0.2, 0.25) is 0 Å². The van der Waals surface area contributed by atoms with E-state index in [1.165, 1.54) is 44.5 Å². The van der Waals surface area contributed by atoms with Gasteiger partial charge in [-0.3, -0.25) is 9.69 Å². The van der Waals surface area contributed by atoms with E-state index < -0.39 is 0 Å². The second-order valence-electron chi connectivity index (χ2n) is 6.96. The van der Waals surface area contributed by atoms with Crippen LogP contribution in [-0.2, 0) is 6.42 Å². The highest BCUT2D eigenvalue weighted by molar-refractivity contribution is 6.01. The highest BCUT2D eigenvalue weighted by atomic mass is 16.1. The second kappa shape index (κ2) is 5.68. The lowest BCUT2D eigenvalue weighted by Gasteiger charge is -2.32. The molecular weight excluding hydrogens is 286 g/mol. The van der Waals surface area contributed by atoms with E-state index in [0.29, 0.717) is 0 Å². The van der Waals surface area contributed by atoms with E-state index in [4.69, 9.17) is 0 Å². The Kier molecular flexibility index (Phi) is 3.64. The Morgan fingerprint density at radius 3 is 2.78 bits per heavy atom. The fourth-order valence-electron chi connectivity index (χ4n) is 4.53. The molecule has 0 aromatic carbocycles. The zero-order valence-corrected chi connectivity index (χ0v) is 13.8. The van der Waals surface area contributed by atoms with E-state index in [1.807, 2.05) is 30.5 Å². The zero-order chi connectivity index (χ0) is 15.9. The van der Waals surface area contributed by atoms with E-state index in [0.717, 1.165) is 24.0 Å². The molecule has 2 aliphatic rings. The molecule has 2 saturated heterocycles. The van der Waals surface area contributed by atoms with Gasteiger partial charge in [0.15, 0.2) is 0 Å². The molecule has 1 amide bonds. The number of aryl methyl sites for hydroxylation is 1. The van der Waals surface area contributed by atoms with Crippen LogP contribution in [0.4, 0.5) is 0 Å². The van der Waals surface area contributed by atoms with Gasteiger partial charge < -0.3 is 9.72 Å². The number of carbonyl (C=O) groups is 1. The number of nitrogens with one attached hydrogen (secondary N) is 1. The molecule has 4 heterocycles. The summed E-state index contributed by atoms with van der Waals surface area (Å²) in [4.78, 5) is 15.4. The molecule has 0 spiro atoms. The predicted octanol–water partition coefficient (Wildman–Crippen LogP) is 2.86. The second-order valence-corrected chi connectivity index (χ2v) is 6.96. The van der Waals surface area contributed by atoms with E-state index in [1.54, 1.807) is 0 Å². The van der Waals surface area contributed by atoms with Crippen LogP contribution < -0.4 is 5.32 Å². The molecule has 2 aliphatic heterocycles. The fourth-order valence-corrected chi connectivity index (χ4v) is 4.53. The van der Waals surface area contributed by atoms with Crippen molar-refractivity contribution in [2.45, 2.75) is 44.6 Å². The van der Waals surface area contributed by atoms with Gasteiger partial charge in [-0.1, -0.05) is 13.0 Å². The number of fused-ring (bicyclic) bond motifs is 2. The number of amides is 1. The number of carbonyl (C=O) groups excluding carboxylic acids is 1. The normalized spacial score (nSPS) is 20.0. The Hall–Kier alpha value is -1.81. The Bertz CT molecular complexity index is 723. The van der Waals surface area contributed by atoms with Gasteiger partial charge in [-0.15, -0.1) is 0 Å². The van der Waals surface area contributed by atoms with Crippen molar-refractivity contribution in [1.29, 1.82) is 0 Å². The summed E-state index contributed by atoms with van der Waals surface area (Å²) in [6.45, 7) is 5.32. The van der Waals surface area contributed by atoms with Crippen molar-refractivity contribution in [3.05, 3.63) is 41.7 Å². The topological polar surface area (TPSA) is 36.8 Å². The van der Waals surface area contributed by atoms with Crippen LogP contribution in [0.5, 0.6) is 0 Å². The molecule has 23 heavy (non-hydrogen) atoms. The van der Waals surface area contributed by atoms with Crippen molar-refractivity contribution in [3.8, 4) is 0 Å². The first-order valence-corrected chi connectivity index (χ1v) is 8.86. The quantitative estimate of drug-likeness (QED) is 0.942. The summed E-state index contributed by atoms with van der Waals surface area (Å²) >= 11 is 0. The van der Waals surface area contributed by atoms with Gasteiger partial charge in [0.25, 0.3) is 5.91 Å². The summed E-state index contributed by atoms with van der Waals surface area (Å²) in [5, 5.41) is 3.24. The molecule has 4 nitrogen and oxygen atoms in total. The Balaban J connectivity index is 1.56. The molecule has 2 fully saturated rings. The van der Waals surface area contributed by atoms with Crippen LogP contribution in [0.25, 0.3) is 5.52 Å². The SMILES string of the molecule is CCc1cc(C(=O)NCC23CCCN2CCC3)c2ccccn12. The number of nitrogens with zero attached hydrogens (tertiary/aromatic N) is 2. The molecule has 0 radical (unpaired) electrons. The number of aromatic nitrogens is 1. The molecule has 1 N–H and O–H groups in total. The first-order chi connectivity index (χ1) is 11.2. The summed E-state index contributed by atoms with van der Waals surface area (Å²) in [5.74, 6) is 0.0709. The van der Waals surface area contributed by atoms with Crippen molar-refractivity contribution in [2.75, 3.05) is 19.6 Å². The minimum atomic E-state index is 0.0709. The van der Waals surface area contributed by atoms with Gasteiger partial charge in [-0.05, 0) is 63.4 Å². The standard InChI is InChI=1S/C19H25N3O/c1-2-15-13-16(17-7-3-4-12-22(15)17)18(23)20-14-19-8-5-10-21(19)11-6-9-19/h3-4,7,12-13H,2,5-6,8-11,14H2,1H3,(H,20,23). The van der Waals surface area contributed by atoms with Crippen molar-refractivity contribution in [2.24, 2.45) is 0 Å². The largest absolute Gasteiger partial charge is 0.350 e. The molecule has 2 aromatic heterocycles. The number of hydrogen-bond donors (Lipinski definition) is 1. The van der Waals surface area contributed by atoms with Crippen molar-refractivity contribution in [3.63, 3.8) is 0 Å². The predicted molar refractivity (Wildman–Crippen MR) is 91.9 cm³/mol. The highest BCUT2D eigenvalue weighted by Gasteiger charge is 2.44. The third-order valence-electron chi connectivity index (χ3n) is 5.75. The molecule has 0 saturated carbocycles. The molecule has 0 aliphatic carbocycles. The van der Waals surface area contributed by atoms with Crippen LogP contribution in [0.2, 0.25) is 0 Å². The first kappa shape index (κ1) is 14.8. The summed E-state index contributed by atoms with van der Waals surface area (Å²) in [5.41, 5.74) is 3.24. The van der Waals surface area contributed by atoms with Crippen molar-refractivity contribution >= 4 is 11.4 Å². The average molecular weight is 311 g/mol. The van der Waals surface area contributed by atoms with Gasteiger partial charge >= 0.3 is 0 Å². The van der Waals surface area contributed by atoms with Crippen LogP contribution in [0, 0.1) is 0 Å². The van der Waals surface area contributed by atoms with Crippen LogP contribution in [0.15, 0.2) is 30.5 Å². The van der Waals surface area contributed by atoms with Gasteiger partial charge in [0, 0.05) is 24.0 Å². The van der Waals surface area contributed by atoms with Gasteiger partial charge in [-0.2, -0.15) is 0 Å². The minimum absolute atomic E-state index is 0.0709. The van der Waals surface area contributed by atoms with Gasteiger partial charge in [0.1, 0.15) is 0 Å². The molecule has 0 bridgehead atoms. The summed E-state index contributed by atoms with van der Waals surface area (Å²) in [7, 11) is 0. The molecule has 122 valence electrons. The fraction of sp³-hybridized carbons (Fsp3) is 0.526.